The van der Waals surface area contributed by atoms with Gasteiger partial charge in [-0.25, -0.2) is 9.78 Å². The molecule has 0 saturated carbocycles. The van der Waals surface area contributed by atoms with E-state index in [1.54, 1.807) is 12.1 Å². The molecule has 0 aliphatic heterocycles. The first-order valence-corrected chi connectivity index (χ1v) is 8.29. The van der Waals surface area contributed by atoms with Crippen LogP contribution in [0.5, 0.6) is 0 Å². The first-order chi connectivity index (χ1) is 10.0. The van der Waals surface area contributed by atoms with Crippen LogP contribution in [0.4, 0.5) is 5.82 Å². The molecule has 1 heterocycles. The SMILES string of the molecule is CSCCC(C)N(C)c1cc(C(=O)O)c2ccccc2n1. The van der Waals surface area contributed by atoms with Crippen LogP contribution < -0.4 is 4.90 Å². The van der Waals surface area contributed by atoms with Crippen molar-refractivity contribution in [1.82, 2.24) is 4.98 Å². The van der Waals surface area contributed by atoms with Crippen LogP contribution in [0.15, 0.2) is 30.3 Å². The van der Waals surface area contributed by atoms with Crippen molar-refractivity contribution in [3.05, 3.63) is 35.9 Å². The van der Waals surface area contributed by atoms with Gasteiger partial charge in [-0.05, 0) is 37.5 Å². The number of carboxylic acid groups (broad SMARTS) is 1. The Morgan fingerprint density at radius 1 is 1.43 bits per heavy atom. The number of carboxylic acids is 1. The fraction of sp³-hybridized carbons (Fsp3) is 0.375. The number of benzene rings is 1. The molecule has 2 aromatic rings. The fourth-order valence-electron chi connectivity index (χ4n) is 2.23. The number of carbonyl (C=O) groups is 1. The van der Waals surface area contributed by atoms with E-state index in [0.29, 0.717) is 22.8 Å². The maximum absolute atomic E-state index is 11.5. The molecule has 0 aliphatic carbocycles. The van der Waals surface area contributed by atoms with Gasteiger partial charge >= 0.3 is 5.97 Å². The van der Waals surface area contributed by atoms with E-state index in [0.717, 1.165) is 17.7 Å². The van der Waals surface area contributed by atoms with Crippen molar-refractivity contribution in [2.45, 2.75) is 19.4 Å². The summed E-state index contributed by atoms with van der Waals surface area (Å²) in [5.74, 6) is 0.866. The fourth-order valence-corrected chi connectivity index (χ4v) is 2.80. The molecule has 1 atom stereocenters. The smallest absolute Gasteiger partial charge is 0.336 e. The van der Waals surface area contributed by atoms with Crippen LogP contribution in [0.25, 0.3) is 10.9 Å². The molecule has 5 heteroatoms. The number of hydrogen-bond donors (Lipinski definition) is 1. The topological polar surface area (TPSA) is 53.4 Å². The normalized spacial score (nSPS) is 12.3. The van der Waals surface area contributed by atoms with E-state index in [2.05, 4.69) is 23.1 Å². The monoisotopic (exact) mass is 304 g/mol. The molecule has 4 nitrogen and oxygen atoms in total. The first kappa shape index (κ1) is 15.6. The van der Waals surface area contributed by atoms with Gasteiger partial charge in [0.2, 0.25) is 0 Å². The summed E-state index contributed by atoms with van der Waals surface area (Å²) < 4.78 is 0. The Bertz CT molecular complexity index is 645. The lowest BCUT2D eigenvalue weighted by Crippen LogP contribution is -2.30. The molecule has 0 saturated heterocycles. The van der Waals surface area contributed by atoms with Gasteiger partial charge < -0.3 is 10.0 Å². The minimum Gasteiger partial charge on any atom is -0.478 e. The number of hydrogen-bond acceptors (Lipinski definition) is 4. The zero-order valence-electron chi connectivity index (χ0n) is 12.5. The van der Waals surface area contributed by atoms with Gasteiger partial charge in [0.05, 0.1) is 11.1 Å². The van der Waals surface area contributed by atoms with Crippen LogP contribution in [0.2, 0.25) is 0 Å². The Balaban J connectivity index is 2.42. The van der Waals surface area contributed by atoms with Crippen LogP contribution in [0, 0.1) is 0 Å². The molecule has 1 aromatic heterocycles. The Morgan fingerprint density at radius 3 is 2.81 bits per heavy atom. The molecule has 21 heavy (non-hydrogen) atoms. The van der Waals surface area contributed by atoms with Gasteiger partial charge in [0.25, 0.3) is 0 Å². The van der Waals surface area contributed by atoms with Gasteiger partial charge in [-0.15, -0.1) is 0 Å². The third-order valence-corrected chi connectivity index (χ3v) is 4.34. The molecule has 2 rings (SSSR count). The lowest BCUT2D eigenvalue weighted by atomic mass is 10.1. The molecular formula is C16H20N2O2S. The third kappa shape index (κ3) is 3.47. The zero-order chi connectivity index (χ0) is 15.4. The van der Waals surface area contributed by atoms with Gasteiger partial charge in [-0.1, -0.05) is 18.2 Å². The zero-order valence-corrected chi connectivity index (χ0v) is 13.4. The van der Waals surface area contributed by atoms with Crippen molar-refractivity contribution in [3.8, 4) is 0 Å². The van der Waals surface area contributed by atoms with E-state index >= 15 is 0 Å². The van der Waals surface area contributed by atoms with Crippen molar-refractivity contribution in [2.24, 2.45) is 0 Å². The minimum absolute atomic E-state index is 0.305. The summed E-state index contributed by atoms with van der Waals surface area (Å²) in [6.45, 7) is 2.13. The molecule has 0 radical (unpaired) electrons. The predicted octanol–water partition coefficient (Wildman–Crippen LogP) is 3.51. The predicted molar refractivity (Wildman–Crippen MR) is 89.6 cm³/mol. The number of thioether (sulfide) groups is 1. The molecule has 0 bridgehead atoms. The van der Waals surface area contributed by atoms with Crippen molar-refractivity contribution < 1.29 is 9.90 Å². The Kier molecular flexibility index (Phi) is 5.07. The summed E-state index contributed by atoms with van der Waals surface area (Å²) in [6, 6.07) is 9.34. The molecule has 0 spiro atoms. The van der Waals surface area contributed by atoms with Crippen molar-refractivity contribution in [2.75, 3.05) is 24.0 Å². The van der Waals surface area contributed by atoms with Crippen LogP contribution in [-0.2, 0) is 0 Å². The summed E-state index contributed by atoms with van der Waals surface area (Å²) >= 11 is 1.81. The standard InChI is InChI=1S/C16H20N2O2S/c1-11(8-9-21-3)18(2)15-10-13(16(19)20)12-6-4-5-7-14(12)17-15/h4-7,10-11H,8-9H2,1-3H3,(H,19,20). The molecule has 0 fully saturated rings. The van der Waals surface area contributed by atoms with Gasteiger partial charge in [0.15, 0.2) is 0 Å². The van der Waals surface area contributed by atoms with E-state index < -0.39 is 5.97 Å². The first-order valence-electron chi connectivity index (χ1n) is 6.89. The molecule has 1 aromatic carbocycles. The van der Waals surface area contributed by atoms with E-state index in [9.17, 15) is 9.90 Å². The maximum atomic E-state index is 11.5. The van der Waals surface area contributed by atoms with Crippen molar-refractivity contribution in [3.63, 3.8) is 0 Å². The highest BCUT2D eigenvalue weighted by molar-refractivity contribution is 7.98. The second kappa shape index (κ2) is 6.80. The average molecular weight is 304 g/mol. The Hall–Kier alpha value is -1.75. The van der Waals surface area contributed by atoms with Crippen molar-refractivity contribution in [1.29, 1.82) is 0 Å². The second-order valence-electron chi connectivity index (χ2n) is 5.09. The highest BCUT2D eigenvalue weighted by atomic mass is 32.2. The second-order valence-corrected chi connectivity index (χ2v) is 6.08. The molecule has 0 amide bonds. The summed E-state index contributed by atoms with van der Waals surface area (Å²) in [5, 5.41) is 10.1. The minimum atomic E-state index is -0.917. The maximum Gasteiger partial charge on any atom is 0.336 e. The van der Waals surface area contributed by atoms with Gasteiger partial charge in [0.1, 0.15) is 5.82 Å². The van der Waals surface area contributed by atoms with Crippen LogP contribution >= 0.6 is 11.8 Å². The Labute approximate surface area is 129 Å². The number of pyridine rings is 1. The van der Waals surface area contributed by atoms with E-state index in [4.69, 9.17) is 0 Å². The number of aromatic carboxylic acids is 1. The number of rotatable bonds is 6. The van der Waals surface area contributed by atoms with E-state index in [1.165, 1.54) is 0 Å². The summed E-state index contributed by atoms with van der Waals surface area (Å²) in [7, 11) is 1.97. The molecular weight excluding hydrogens is 284 g/mol. The van der Waals surface area contributed by atoms with E-state index in [-0.39, 0.29) is 0 Å². The van der Waals surface area contributed by atoms with Crippen LogP contribution in [0.1, 0.15) is 23.7 Å². The molecule has 0 aliphatic rings. The molecule has 1 unspecified atom stereocenters. The third-order valence-electron chi connectivity index (χ3n) is 3.70. The highest BCUT2D eigenvalue weighted by Crippen LogP contribution is 2.24. The van der Waals surface area contributed by atoms with Crippen LogP contribution in [-0.4, -0.2) is 41.2 Å². The number of nitrogens with zero attached hydrogens (tertiary/aromatic N) is 2. The number of para-hydroxylation sites is 1. The highest BCUT2D eigenvalue weighted by Gasteiger charge is 2.16. The van der Waals surface area contributed by atoms with Gasteiger partial charge in [0, 0.05) is 18.5 Å². The summed E-state index contributed by atoms with van der Waals surface area (Å²) in [6.07, 6.45) is 3.12. The lowest BCUT2D eigenvalue weighted by molar-refractivity contribution is 0.0699. The largest absolute Gasteiger partial charge is 0.478 e. The lowest BCUT2D eigenvalue weighted by Gasteiger charge is -2.26. The Morgan fingerprint density at radius 2 is 2.14 bits per heavy atom. The van der Waals surface area contributed by atoms with Gasteiger partial charge in [-0.3, -0.25) is 0 Å². The van der Waals surface area contributed by atoms with E-state index in [1.807, 2.05) is 37.0 Å². The summed E-state index contributed by atoms with van der Waals surface area (Å²) in [4.78, 5) is 18.1. The molecule has 1 N–H and O–H groups in total. The number of anilines is 1. The number of fused-ring (bicyclic) bond motifs is 1. The quantitative estimate of drug-likeness (QED) is 0.885. The molecule has 112 valence electrons. The average Bonchev–Trinajstić information content (AvgIpc) is 2.50. The van der Waals surface area contributed by atoms with Crippen molar-refractivity contribution >= 4 is 34.5 Å². The van der Waals surface area contributed by atoms with Gasteiger partial charge in [-0.2, -0.15) is 11.8 Å². The van der Waals surface area contributed by atoms with Crippen LogP contribution in [0.3, 0.4) is 0 Å². The summed E-state index contributed by atoms with van der Waals surface area (Å²) in [5.41, 5.74) is 1.02. The number of aromatic nitrogens is 1.